The summed E-state index contributed by atoms with van der Waals surface area (Å²) in [6, 6.07) is 1.63. The second-order valence-corrected chi connectivity index (χ2v) is 5.22. The zero-order chi connectivity index (χ0) is 17.7. The first-order valence-electron chi connectivity index (χ1n) is 5.86. The van der Waals surface area contributed by atoms with Crippen molar-refractivity contribution in [3.05, 3.63) is 16.0 Å². The fourth-order valence-corrected chi connectivity index (χ4v) is 2.92. The van der Waals surface area contributed by atoms with E-state index in [0.717, 1.165) is 4.90 Å². The molecule has 0 fully saturated rings. The van der Waals surface area contributed by atoms with Gasteiger partial charge in [-0.15, -0.1) is 11.3 Å². The van der Waals surface area contributed by atoms with Gasteiger partial charge in [0.25, 0.3) is 0 Å². The summed E-state index contributed by atoms with van der Waals surface area (Å²) < 4.78 is 0. The fourth-order valence-electron chi connectivity index (χ4n) is 1.81. The average Bonchev–Trinajstić information content (AvgIpc) is 2.74. The van der Waals surface area contributed by atoms with Gasteiger partial charge < -0.3 is 30.8 Å². The predicted octanol–water partition coefficient (Wildman–Crippen LogP) is -1.28. The van der Waals surface area contributed by atoms with E-state index in [0.29, 0.717) is 11.3 Å². The second kappa shape index (κ2) is 11.0. The van der Waals surface area contributed by atoms with Crippen molar-refractivity contribution in [2.75, 3.05) is 18.0 Å². The number of anilines is 1. The molecule has 130 valence electrons. The Kier molecular flexibility index (Phi) is 11.3. The Morgan fingerprint density at radius 2 is 1.48 bits per heavy atom. The summed E-state index contributed by atoms with van der Waals surface area (Å²) in [7, 11) is 0. The molecular weight excluding hydrogens is 436 g/mol. The molecule has 0 saturated heterocycles. The van der Waals surface area contributed by atoms with Gasteiger partial charge in [0.1, 0.15) is 29.0 Å². The summed E-state index contributed by atoms with van der Waals surface area (Å²) in [6.45, 7) is -1.57. The Bertz CT molecular complexity index is 709. The van der Waals surface area contributed by atoms with Gasteiger partial charge in [0.2, 0.25) is 0 Å². The number of aliphatic carboxylic acids is 3. The summed E-state index contributed by atoms with van der Waals surface area (Å²) in [6.07, 6.45) is -0.755. The molecule has 0 aliphatic heterocycles. The maximum Gasteiger partial charge on any atom is 2.00 e. The van der Waals surface area contributed by atoms with Crippen LogP contribution in [0.15, 0.2) is 0 Å². The molecule has 1 rings (SSSR count). The van der Waals surface area contributed by atoms with Crippen molar-refractivity contribution in [1.82, 2.24) is 0 Å². The molecule has 0 radical (unpaired) electrons. The number of hydrogen-bond acceptors (Lipinski definition) is 7. The molecule has 11 nitrogen and oxygen atoms in total. The summed E-state index contributed by atoms with van der Waals surface area (Å²) >= 11 is 0.467. The van der Waals surface area contributed by atoms with Crippen LogP contribution in [-0.2, 0) is 20.8 Å². The van der Waals surface area contributed by atoms with Crippen LogP contribution in [0.5, 0.6) is 0 Å². The van der Waals surface area contributed by atoms with Crippen molar-refractivity contribution >= 4 is 85.7 Å². The van der Waals surface area contributed by atoms with Crippen molar-refractivity contribution in [2.45, 2.75) is 6.42 Å². The molecule has 0 aromatic carbocycles. The van der Waals surface area contributed by atoms with Gasteiger partial charge in [-0.2, -0.15) is 5.26 Å². The molecule has 0 aliphatic rings. The van der Waals surface area contributed by atoms with Crippen LogP contribution in [0.2, 0.25) is 0 Å². The van der Waals surface area contributed by atoms with E-state index < -0.39 is 48.3 Å². The number of carbonyl (C=O) groups is 4. The maximum atomic E-state index is 11.2. The van der Waals surface area contributed by atoms with Gasteiger partial charge in [-0.05, 0) is 0 Å². The normalized spacial score (nSPS) is 9.08. The SMILES string of the molecule is N#Cc1c(N(CC(=O)O)CC(=O)O)sc(C(=O)O)c1CC(=O)O.O.[Sr+2]. The molecule has 1 aromatic rings. The van der Waals surface area contributed by atoms with Crippen LogP contribution in [0.1, 0.15) is 20.8 Å². The summed E-state index contributed by atoms with van der Waals surface area (Å²) in [5.41, 5.74) is -0.634. The maximum absolute atomic E-state index is 11.2. The van der Waals surface area contributed by atoms with Gasteiger partial charge in [-0.3, -0.25) is 14.4 Å². The molecule has 25 heavy (non-hydrogen) atoms. The Balaban J connectivity index is 0. The van der Waals surface area contributed by atoms with Gasteiger partial charge >= 0.3 is 69.4 Å². The number of nitriles is 1. The summed E-state index contributed by atoms with van der Waals surface area (Å²) in [4.78, 5) is 44.1. The molecule has 0 atom stereocenters. The monoisotopic (exact) mass is 448 g/mol. The van der Waals surface area contributed by atoms with E-state index in [-0.39, 0.29) is 67.1 Å². The molecule has 0 unspecified atom stereocenters. The zero-order valence-corrected chi connectivity index (χ0v) is 16.8. The quantitative estimate of drug-likeness (QED) is 0.346. The van der Waals surface area contributed by atoms with Crippen LogP contribution >= 0.6 is 11.3 Å². The van der Waals surface area contributed by atoms with Crippen LogP contribution in [-0.4, -0.2) is 108 Å². The first kappa shape index (κ1) is 25.5. The molecular formula is C12H12N2O9SSr+2. The van der Waals surface area contributed by atoms with Crippen LogP contribution in [0, 0.1) is 11.3 Å². The van der Waals surface area contributed by atoms with E-state index in [9.17, 15) is 24.4 Å². The second-order valence-electron chi connectivity index (χ2n) is 4.22. The van der Waals surface area contributed by atoms with E-state index in [1.54, 1.807) is 6.07 Å². The third kappa shape index (κ3) is 6.98. The van der Waals surface area contributed by atoms with Crippen molar-refractivity contribution in [3.8, 4) is 6.07 Å². The standard InChI is InChI=1S/C12H10N2O8S.H2O.Sr/c13-2-6-5(1-7(15)16)10(12(21)22)23-11(6)14(3-8(17)18)4-9(19)20;;/h1,3-4H2,(H,15,16)(H,17,18)(H,19,20)(H,21,22);1H2;/q;;+2. The fraction of sp³-hybridized carbons (Fsp3) is 0.250. The number of carboxylic acids is 4. The largest absolute Gasteiger partial charge is 2.00 e. The molecule has 1 aromatic heterocycles. The predicted molar refractivity (Wildman–Crippen MR) is 84.2 cm³/mol. The van der Waals surface area contributed by atoms with E-state index >= 15 is 0 Å². The Morgan fingerprint density at radius 1 is 1.00 bits per heavy atom. The van der Waals surface area contributed by atoms with Crippen molar-refractivity contribution < 1.29 is 45.1 Å². The molecule has 1 heterocycles. The molecule has 0 amide bonds. The average molecular weight is 448 g/mol. The minimum Gasteiger partial charge on any atom is -0.481 e. The van der Waals surface area contributed by atoms with E-state index in [1.807, 2.05) is 0 Å². The number of aromatic carboxylic acids is 1. The van der Waals surface area contributed by atoms with Crippen molar-refractivity contribution in [1.29, 1.82) is 5.26 Å². The van der Waals surface area contributed by atoms with Crippen molar-refractivity contribution in [2.24, 2.45) is 0 Å². The molecule has 0 aliphatic carbocycles. The van der Waals surface area contributed by atoms with Crippen LogP contribution < -0.4 is 4.90 Å². The third-order valence-corrected chi connectivity index (χ3v) is 3.84. The first-order chi connectivity index (χ1) is 10.7. The summed E-state index contributed by atoms with van der Waals surface area (Å²) in [5.74, 6) is -5.64. The zero-order valence-electron chi connectivity index (χ0n) is 12.6. The Morgan fingerprint density at radius 3 is 1.80 bits per heavy atom. The first-order valence-corrected chi connectivity index (χ1v) is 6.68. The molecule has 0 spiro atoms. The Labute approximate surface area is 181 Å². The van der Waals surface area contributed by atoms with Gasteiger partial charge in [0.05, 0.1) is 12.0 Å². The molecule has 0 bridgehead atoms. The van der Waals surface area contributed by atoms with E-state index in [4.69, 9.17) is 20.4 Å². The van der Waals surface area contributed by atoms with Gasteiger partial charge in [-0.1, -0.05) is 0 Å². The third-order valence-electron chi connectivity index (χ3n) is 2.56. The smallest absolute Gasteiger partial charge is 0.481 e. The van der Waals surface area contributed by atoms with Crippen LogP contribution in [0.25, 0.3) is 0 Å². The Hall–Kier alpha value is -1.69. The molecule has 13 heteroatoms. The van der Waals surface area contributed by atoms with Crippen molar-refractivity contribution in [3.63, 3.8) is 0 Å². The number of thiophene rings is 1. The number of hydrogen-bond donors (Lipinski definition) is 4. The number of carboxylic acid groups (broad SMARTS) is 4. The van der Waals surface area contributed by atoms with E-state index in [1.165, 1.54) is 0 Å². The van der Waals surface area contributed by atoms with Gasteiger partial charge in [0.15, 0.2) is 0 Å². The summed E-state index contributed by atoms with van der Waals surface area (Å²) in [5, 5.41) is 44.6. The van der Waals surface area contributed by atoms with Crippen LogP contribution in [0.4, 0.5) is 5.00 Å². The topological polar surface area (TPSA) is 208 Å². The van der Waals surface area contributed by atoms with Crippen LogP contribution in [0.3, 0.4) is 0 Å². The minimum absolute atomic E-state index is 0. The minimum atomic E-state index is -1.49. The van der Waals surface area contributed by atoms with Gasteiger partial charge in [0, 0.05) is 5.56 Å². The van der Waals surface area contributed by atoms with Gasteiger partial charge in [-0.25, -0.2) is 4.79 Å². The number of nitrogens with zero attached hydrogens (tertiary/aromatic N) is 2. The number of rotatable bonds is 8. The molecule has 0 saturated carbocycles. The van der Waals surface area contributed by atoms with E-state index in [2.05, 4.69) is 0 Å². The molecule has 6 N–H and O–H groups in total.